The predicted molar refractivity (Wildman–Crippen MR) is 138 cm³/mol. The third kappa shape index (κ3) is 6.13. The molecule has 0 atom stereocenters. The van der Waals surface area contributed by atoms with E-state index in [1.807, 2.05) is 48.5 Å². The molecule has 36 heavy (non-hydrogen) atoms. The number of nitrogens with one attached hydrogen (secondary N) is 2. The molecule has 0 spiro atoms. The Kier molecular flexibility index (Phi) is 7.72. The molecule has 1 amide bonds. The lowest BCUT2D eigenvalue weighted by Crippen LogP contribution is -2.19. The van der Waals surface area contributed by atoms with Crippen molar-refractivity contribution in [3.8, 4) is 5.75 Å². The van der Waals surface area contributed by atoms with Gasteiger partial charge in [0.2, 0.25) is 5.91 Å². The summed E-state index contributed by atoms with van der Waals surface area (Å²) in [6, 6.07) is 21.3. The van der Waals surface area contributed by atoms with Crippen molar-refractivity contribution < 1.29 is 13.9 Å². The van der Waals surface area contributed by atoms with Gasteiger partial charge in [0.25, 0.3) is 0 Å². The highest BCUT2D eigenvalue weighted by atomic mass is 35.5. The number of anilines is 3. The van der Waals surface area contributed by atoms with Crippen LogP contribution in [0.15, 0.2) is 91.5 Å². The maximum atomic E-state index is 13.3. The van der Waals surface area contributed by atoms with Crippen molar-refractivity contribution in [2.45, 2.75) is 13.2 Å². The Hall–Kier alpha value is -4.50. The number of benzene rings is 3. The van der Waals surface area contributed by atoms with Gasteiger partial charge in [0.05, 0.1) is 17.4 Å². The number of carbonyl (C=O) groups excluding carboxylic acids is 1. The second kappa shape index (κ2) is 11.3. The van der Waals surface area contributed by atoms with Crippen molar-refractivity contribution in [2.75, 3.05) is 10.6 Å². The Labute approximate surface area is 212 Å². The molecule has 0 unspecified atom stereocenters. The lowest BCUT2D eigenvalue weighted by molar-refractivity contribution is -0.116. The summed E-state index contributed by atoms with van der Waals surface area (Å²) in [5.74, 6) is 0.581. The SMILES string of the molecule is Cl.O=C(Cn1cc(Nc2ncnc3cc(OCc4ccccc4)ccc23)cn1)Nc1cccc(F)c1. The number of aromatic nitrogens is 4. The van der Waals surface area contributed by atoms with Crippen LogP contribution in [0.3, 0.4) is 0 Å². The Balaban J connectivity index is 0.00000304. The summed E-state index contributed by atoms with van der Waals surface area (Å²) < 4.78 is 20.7. The molecule has 0 fully saturated rings. The van der Waals surface area contributed by atoms with E-state index in [2.05, 4.69) is 25.7 Å². The average molecular weight is 505 g/mol. The van der Waals surface area contributed by atoms with Gasteiger partial charge in [0.15, 0.2) is 0 Å². The van der Waals surface area contributed by atoms with E-state index >= 15 is 0 Å². The Morgan fingerprint density at radius 2 is 1.83 bits per heavy atom. The predicted octanol–water partition coefficient (Wildman–Crippen LogP) is 5.35. The van der Waals surface area contributed by atoms with Gasteiger partial charge < -0.3 is 15.4 Å². The van der Waals surface area contributed by atoms with Gasteiger partial charge in [-0.2, -0.15) is 5.10 Å². The van der Waals surface area contributed by atoms with E-state index in [1.165, 1.54) is 29.2 Å². The summed E-state index contributed by atoms with van der Waals surface area (Å²) in [7, 11) is 0. The van der Waals surface area contributed by atoms with Gasteiger partial charge in [-0.1, -0.05) is 36.4 Å². The summed E-state index contributed by atoms with van der Waals surface area (Å²) in [4.78, 5) is 21.0. The smallest absolute Gasteiger partial charge is 0.246 e. The number of hydrogen-bond donors (Lipinski definition) is 2. The monoisotopic (exact) mass is 504 g/mol. The Bertz CT molecular complexity index is 1480. The van der Waals surface area contributed by atoms with E-state index in [-0.39, 0.29) is 24.9 Å². The lowest BCUT2D eigenvalue weighted by Gasteiger charge is -2.09. The minimum atomic E-state index is -0.416. The van der Waals surface area contributed by atoms with E-state index < -0.39 is 5.82 Å². The summed E-state index contributed by atoms with van der Waals surface area (Å²) in [6.45, 7) is 0.444. The minimum absolute atomic E-state index is 0. The van der Waals surface area contributed by atoms with Gasteiger partial charge in [0.1, 0.15) is 36.9 Å². The highest BCUT2D eigenvalue weighted by Gasteiger charge is 2.09. The second-order valence-electron chi connectivity index (χ2n) is 7.79. The summed E-state index contributed by atoms with van der Waals surface area (Å²) in [5.41, 5.74) is 2.86. The number of carbonyl (C=O) groups is 1. The largest absolute Gasteiger partial charge is 0.489 e. The number of rotatable bonds is 8. The number of fused-ring (bicyclic) bond motifs is 1. The van der Waals surface area contributed by atoms with Crippen molar-refractivity contribution >= 4 is 46.4 Å². The van der Waals surface area contributed by atoms with E-state index in [0.29, 0.717) is 29.5 Å². The first kappa shape index (κ1) is 24.6. The molecule has 0 saturated heterocycles. The molecule has 2 aromatic heterocycles. The molecule has 0 aliphatic heterocycles. The first-order chi connectivity index (χ1) is 17.1. The summed E-state index contributed by atoms with van der Waals surface area (Å²) >= 11 is 0. The second-order valence-corrected chi connectivity index (χ2v) is 7.79. The first-order valence-corrected chi connectivity index (χ1v) is 10.9. The molecular formula is C26H22ClFN6O2. The molecule has 0 aliphatic carbocycles. The number of amides is 1. The number of nitrogens with zero attached hydrogens (tertiary/aromatic N) is 4. The van der Waals surface area contributed by atoms with E-state index in [4.69, 9.17) is 4.74 Å². The van der Waals surface area contributed by atoms with Gasteiger partial charge in [-0.25, -0.2) is 14.4 Å². The molecule has 0 bridgehead atoms. The van der Waals surface area contributed by atoms with Crippen LogP contribution in [0.1, 0.15) is 5.56 Å². The highest BCUT2D eigenvalue weighted by molar-refractivity contribution is 5.92. The van der Waals surface area contributed by atoms with E-state index in [0.717, 1.165) is 16.5 Å². The van der Waals surface area contributed by atoms with Crippen molar-refractivity contribution in [1.29, 1.82) is 0 Å². The zero-order valence-electron chi connectivity index (χ0n) is 19.0. The standard InChI is InChI=1S/C26H21FN6O2.ClH/c27-19-7-4-8-20(11-19)31-25(34)15-33-14-21(13-30-33)32-26-23-10-9-22(12-24(23)28-17-29-26)35-16-18-5-2-1-3-6-18;/h1-14,17H,15-16H2,(H,31,34)(H,28,29,32);1H. The molecule has 10 heteroatoms. The fourth-order valence-corrected chi connectivity index (χ4v) is 3.53. The molecule has 5 aromatic rings. The van der Waals surface area contributed by atoms with Crippen molar-refractivity contribution in [1.82, 2.24) is 19.7 Å². The molecule has 182 valence electrons. The molecule has 0 radical (unpaired) electrons. The third-order valence-corrected chi connectivity index (χ3v) is 5.17. The molecule has 2 N–H and O–H groups in total. The van der Waals surface area contributed by atoms with Gasteiger partial charge in [0, 0.05) is 23.3 Å². The topological polar surface area (TPSA) is 94.0 Å². The third-order valence-electron chi connectivity index (χ3n) is 5.17. The van der Waals surface area contributed by atoms with E-state index in [9.17, 15) is 9.18 Å². The van der Waals surface area contributed by atoms with Crippen LogP contribution in [-0.4, -0.2) is 25.7 Å². The van der Waals surface area contributed by atoms with Crippen molar-refractivity contribution in [2.24, 2.45) is 0 Å². The molecule has 0 aliphatic rings. The van der Waals surface area contributed by atoms with Gasteiger partial charge in [-0.3, -0.25) is 9.48 Å². The van der Waals surface area contributed by atoms with Gasteiger partial charge in [-0.05, 0) is 35.9 Å². The first-order valence-electron chi connectivity index (χ1n) is 10.9. The molecule has 5 rings (SSSR count). The van der Waals surface area contributed by atoms with Gasteiger partial charge >= 0.3 is 0 Å². The molecule has 8 nitrogen and oxygen atoms in total. The van der Waals surface area contributed by atoms with E-state index in [1.54, 1.807) is 18.5 Å². The maximum absolute atomic E-state index is 13.3. The van der Waals surface area contributed by atoms with Crippen LogP contribution < -0.4 is 15.4 Å². The fraction of sp³-hybridized carbons (Fsp3) is 0.0769. The Morgan fingerprint density at radius 3 is 2.67 bits per heavy atom. The zero-order valence-corrected chi connectivity index (χ0v) is 19.8. The molecular weight excluding hydrogens is 483 g/mol. The van der Waals surface area contributed by atoms with Crippen molar-refractivity contribution in [3.63, 3.8) is 0 Å². The molecule has 2 heterocycles. The zero-order chi connectivity index (χ0) is 24.0. The van der Waals surface area contributed by atoms with Crippen LogP contribution in [0.2, 0.25) is 0 Å². The number of halogens is 2. The maximum Gasteiger partial charge on any atom is 0.246 e. The lowest BCUT2D eigenvalue weighted by atomic mass is 10.2. The molecule has 3 aromatic carbocycles. The van der Waals surface area contributed by atoms with Crippen LogP contribution in [0.25, 0.3) is 10.9 Å². The van der Waals surface area contributed by atoms with Crippen LogP contribution >= 0.6 is 12.4 Å². The average Bonchev–Trinajstić information content (AvgIpc) is 3.30. The normalized spacial score (nSPS) is 10.5. The van der Waals surface area contributed by atoms with Crippen LogP contribution in [0.5, 0.6) is 5.75 Å². The van der Waals surface area contributed by atoms with Crippen LogP contribution in [-0.2, 0) is 17.9 Å². The summed E-state index contributed by atoms with van der Waals surface area (Å²) in [5, 5.41) is 10.9. The van der Waals surface area contributed by atoms with Crippen LogP contribution in [0, 0.1) is 5.82 Å². The molecule has 0 saturated carbocycles. The highest BCUT2D eigenvalue weighted by Crippen LogP contribution is 2.26. The fourth-order valence-electron chi connectivity index (χ4n) is 3.53. The summed E-state index contributed by atoms with van der Waals surface area (Å²) in [6.07, 6.45) is 4.76. The quantitative estimate of drug-likeness (QED) is 0.296. The number of ether oxygens (including phenoxy) is 1. The van der Waals surface area contributed by atoms with Gasteiger partial charge in [-0.15, -0.1) is 12.4 Å². The minimum Gasteiger partial charge on any atom is -0.489 e. The Morgan fingerprint density at radius 1 is 0.972 bits per heavy atom. The number of hydrogen-bond acceptors (Lipinski definition) is 6. The van der Waals surface area contributed by atoms with Crippen LogP contribution in [0.4, 0.5) is 21.6 Å². The van der Waals surface area contributed by atoms with Crippen molar-refractivity contribution in [3.05, 3.63) is 103 Å².